The Bertz CT molecular complexity index is 366. The Balaban J connectivity index is 2.29. The quantitative estimate of drug-likeness (QED) is 0.729. The number of hydrogen-bond acceptors (Lipinski definition) is 2. The van der Waals surface area contributed by atoms with Gasteiger partial charge in [0.2, 0.25) is 0 Å². The molecule has 0 unspecified atom stereocenters. The van der Waals surface area contributed by atoms with Gasteiger partial charge >= 0.3 is 5.97 Å². The maximum Gasteiger partial charge on any atom is 0.303 e. The molecule has 1 rings (SSSR count). The van der Waals surface area contributed by atoms with E-state index in [1.165, 1.54) is 12.1 Å². The molecule has 0 saturated heterocycles. The molecule has 0 amide bonds. The zero-order chi connectivity index (χ0) is 12.0. The molecule has 0 aliphatic heterocycles. The number of halogens is 1. The summed E-state index contributed by atoms with van der Waals surface area (Å²) in [7, 11) is 0. The largest absolute Gasteiger partial charge is 0.481 e. The maximum absolute atomic E-state index is 12.8. The van der Waals surface area contributed by atoms with Crippen LogP contribution in [0.15, 0.2) is 18.2 Å². The third-order valence-electron chi connectivity index (χ3n) is 2.36. The van der Waals surface area contributed by atoms with Gasteiger partial charge in [0.05, 0.1) is 0 Å². The molecule has 0 saturated carbocycles. The normalized spacial score (nSPS) is 10.4. The molecular weight excluding hydrogens is 209 g/mol. The van der Waals surface area contributed by atoms with Crippen LogP contribution < -0.4 is 5.32 Å². The van der Waals surface area contributed by atoms with Crippen molar-refractivity contribution in [2.45, 2.75) is 26.3 Å². The van der Waals surface area contributed by atoms with Gasteiger partial charge in [-0.15, -0.1) is 0 Å². The summed E-state index contributed by atoms with van der Waals surface area (Å²) < 4.78 is 12.8. The van der Waals surface area contributed by atoms with E-state index in [0.29, 0.717) is 19.5 Å². The Morgan fingerprint density at radius 3 is 2.88 bits per heavy atom. The highest BCUT2D eigenvalue weighted by molar-refractivity contribution is 5.66. The van der Waals surface area contributed by atoms with Crippen molar-refractivity contribution in [2.24, 2.45) is 0 Å². The molecule has 4 heteroatoms. The number of carboxylic acids is 1. The van der Waals surface area contributed by atoms with E-state index in [1.54, 1.807) is 6.07 Å². The van der Waals surface area contributed by atoms with Crippen molar-refractivity contribution in [3.8, 4) is 0 Å². The van der Waals surface area contributed by atoms with E-state index in [4.69, 9.17) is 5.11 Å². The monoisotopic (exact) mass is 225 g/mol. The Kier molecular flexibility index (Phi) is 4.92. The van der Waals surface area contributed by atoms with Crippen molar-refractivity contribution in [3.63, 3.8) is 0 Å². The first-order valence-electron chi connectivity index (χ1n) is 5.27. The number of nitrogens with one attached hydrogen (secondary N) is 1. The van der Waals surface area contributed by atoms with Crippen LogP contribution in [0.1, 0.15) is 24.0 Å². The van der Waals surface area contributed by atoms with Crippen LogP contribution in [0.25, 0.3) is 0 Å². The summed E-state index contributed by atoms with van der Waals surface area (Å²) in [5.41, 5.74) is 1.95. The van der Waals surface area contributed by atoms with Crippen LogP contribution in [0.5, 0.6) is 0 Å². The lowest BCUT2D eigenvalue weighted by molar-refractivity contribution is -0.137. The second-order valence-corrected chi connectivity index (χ2v) is 3.74. The maximum atomic E-state index is 12.8. The minimum Gasteiger partial charge on any atom is -0.481 e. The first-order chi connectivity index (χ1) is 7.59. The summed E-state index contributed by atoms with van der Waals surface area (Å²) in [6.45, 7) is 3.16. The molecule has 3 nitrogen and oxygen atoms in total. The molecule has 0 atom stereocenters. The van der Waals surface area contributed by atoms with Gasteiger partial charge in [-0.25, -0.2) is 4.39 Å². The number of rotatable bonds is 6. The Labute approximate surface area is 94.3 Å². The highest BCUT2D eigenvalue weighted by Crippen LogP contribution is 2.09. The van der Waals surface area contributed by atoms with Gasteiger partial charge in [0, 0.05) is 13.0 Å². The Morgan fingerprint density at radius 2 is 2.25 bits per heavy atom. The van der Waals surface area contributed by atoms with E-state index in [-0.39, 0.29) is 12.2 Å². The van der Waals surface area contributed by atoms with Crippen LogP contribution in [-0.2, 0) is 11.3 Å². The number of aliphatic carboxylic acids is 1. The van der Waals surface area contributed by atoms with Gasteiger partial charge < -0.3 is 10.4 Å². The molecule has 1 aromatic carbocycles. The van der Waals surface area contributed by atoms with Gasteiger partial charge in [0.1, 0.15) is 5.82 Å². The fraction of sp³-hybridized carbons (Fsp3) is 0.417. The van der Waals surface area contributed by atoms with Crippen LogP contribution in [0.2, 0.25) is 0 Å². The van der Waals surface area contributed by atoms with E-state index in [2.05, 4.69) is 5.32 Å². The van der Waals surface area contributed by atoms with Crippen molar-refractivity contribution >= 4 is 5.97 Å². The van der Waals surface area contributed by atoms with E-state index >= 15 is 0 Å². The molecule has 2 N–H and O–H groups in total. The minimum absolute atomic E-state index is 0.176. The van der Waals surface area contributed by atoms with Crippen LogP contribution in [0, 0.1) is 12.7 Å². The molecule has 0 radical (unpaired) electrons. The fourth-order valence-corrected chi connectivity index (χ4v) is 1.45. The van der Waals surface area contributed by atoms with E-state index in [0.717, 1.165) is 11.1 Å². The average Bonchev–Trinajstić information content (AvgIpc) is 2.20. The number of aryl methyl sites for hydroxylation is 1. The second-order valence-electron chi connectivity index (χ2n) is 3.74. The summed E-state index contributed by atoms with van der Waals surface area (Å²) in [6.07, 6.45) is 0.783. The van der Waals surface area contributed by atoms with Crippen LogP contribution in [0.4, 0.5) is 4.39 Å². The minimum atomic E-state index is -0.778. The molecule has 88 valence electrons. The van der Waals surface area contributed by atoms with Crippen molar-refractivity contribution in [2.75, 3.05) is 6.54 Å². The highest BCUT2D eigenvalue weighted by atomic mass is 19.1. The Hall–Kier alpha value is -1.42. The van der Waals surface area contributed by atoms with Gasteiger partial charge in [-0.3, -0.25) is 4.79 Å². The molecule has 0 bridgehead atoms. The molecular formula is C12H16FNO2. The van der Waals surface area contributed by atoms with E-state index in [9.17, 15) is 9.18 Å². The first-order valence-corrected chi connectivity index (χ1v) is 5.27. The van der Waals surface area contributed by atoms with Gasteiger partial charge in [-0.1, -0.05) is 6.07 Å². The first kappa shape index (κ1) is 12.6. The summed E-state index contributed by atoms with van der Waals surface area (Å²) in [4.78, 5) is 10.3. The van der Waals surface area contributed by atoms with Crippen molar-refractivity contribution < 1.29 is 14.3 Å². The predicted octanol–water partition coefficient (Wildman–Crippen LogP) is 2.09. The molecule has 16 heavy (non-hydrogen) atoms. The fourth-order valence-electron chi connectivity index (χ4n) is 1.45. The van der Waals surface area contributed by atoms with Crippen LogP contribution in [-0.4, -0.2) is 17.6 Å². The predicted molar refractivity (Wildman–Crippen MR) is 59.7 cm³/mol. The molecule has 0 heterocycles. The average molecular weight is 225 g/mol. The lowest BCUT2D eigenvalue weighted by Crippen LogP contribution is -2.16. The second kappa shape index (κ2) is 6.23. The smallest absolute Gasteiger partial charge is 0.303 e. The zero-order valence-corrected chi connectivity index (χ0v) is 9.29. The van der Waals surface area contributed by atoms with Gasteiger partial charge in [-0.2, -0.15) is 0 Å². The van der Waals surface area contributed by atoms with Crippen LogP contribution in [0.3, 0.4) is 0 Å². The number of benzene rings is 1. The van der Waals surface area contributed by atoms with Crippen molar-refractivity contribution in [1.82, 2.24) is 5.32 Å². The van der Waals surface area contributed by atoms with Crippen LogP contribution >= 0.6 is 0 Å². The Morgan fingerprint density at radius 1 is 1.50 bits per heavy atom. The molecule has 1 aromatic rings. The molecule has 0 aromatic heterocycles. The van der Waals surface area contributed by atoms with Gasteiger partial charge in [0.25, 0.3) is 0 Å². The topological polar surface area (TPSA) is 49.3 Å². The lowest BCUT2D eigenvalue weighted by atomic mass is 10.1. The SMILES string of the molecule is Cc1cc(F)ccc1CNCCCC(=O)O. The number of carbonyl (C=O) groups is 1. The summed E-state index contributed by atoms with van der Waals surface area (Å²) in [5, 5.41) is 11.6. The van der Waals surface area contributed by atoms with Crippen molar-refractivity contribution in [3.05, 3.63) is 35.1 Å². The molecule has 0 aliphatic rings. The molecule has 0 aliphatic carbocycles. The summed E-state index contributed by atoms with van der Waals surface area (Å²) >= 11 is 0. The number of carboxylic acid groups (broad SMARTS) is 1. The highest BCUT2D eigenvalue weighted by Gasteiger charge is 2.00. The summed E-state index contributed by atoms with van der Waals surface area (Å²) in [6, 6.07) is 4.67. The third kappa shape index (κ3) is 4.40. The molecule has 0 fully saturated rings. The molecule has 0 spiro atoms. The van der Waals surface area contributed by atoms with E-state index in [1.807, 2.05) is 6.92 Å². The number of hydrogen-bond donors (Lipinski definition) is 2. The van der Waals surface area contributed by atoms with Crippen molar-refractivity contribution in [1.29, 1.82) is 0 Å². The third-order valence-corrected chi connectivity index (χ3v) is 2.36. The standard InChI is InChI=1S/C12H16FNO2/c1-9-7-11(13)5-4-10(9)8-14-6-2-3-12(15)16/h4-5,7,14H,2-3,6,8H2,1H3,(H,15,16). The van der Waals surface area contributed by atoms with Gasteiger partial charge in [0.15, 0.2) is 0 Å². The summed E-state index contributed by atoms with van der Waals surface area (Å²) in [5.74, 6) is -1.01. The zero-order valence-electron chi connectivity index (χ0n) is 9.29. The lowest BCUT2D eigenvalue weighted by Gasteiger charge is -2.07. The van der Waals surface area contributed by atoms with E-state index < -0.39 is 5.97 Å². The van der Waals surface area contributed by atoms with Gasteiger partial charge in [-0.05, 0) is 43.1 Å².